The van der Waals surface area contributed by atoms with Crippen molar-refractivity contribution in [2.45, 2.75) is 13.8 Å². The van der Waals surface area contributed by atoms with Crippen molar-refractivity contribution in [1.29, 1.82) is 0 Å². The minimum absolute atomic E-state index is 0.439. The number of carbonyl (C=O) groups excluding carboxylic acids is 1. The van der Waals surface area contributed by atoms with Crippen LogP contribution < -0.4 is 0 Å². The molecule has 0 saturated carbocycles. The van der Waals surface area contributed by atoms with Gasteiger partial charge < -0.3 is 4.40 Å². The van der Waals surface area contributed by atoms with E-state index in [-0.39, 0.29) is 0 Å². The molecule has 0 aliphatic rings. The molecule has 0 aliphatic heterocycles. The Morgan fingerprint density at radius 2 is 1.90 bits per heavy atom. The van der Waals surface area contributed by atoms with Crippen molar-refractivity contribution in [1.82, 2.24) is 9.38 Å². The van der Waals surface area contributed by atoms with E-state index in [4.69, 9.17) is 11.6 Å². The number of hydrogen-bond donors (Lipinski definition) is 0. The van der Waals surface area contributed by atoms with Crippen LogP contribution in [0.5, 0.6) is 0 Å². The van der Waals surface area contributed by atoms with Gasteiger partial charge in [-0.1, -0.05) is 23.7 Å². The van der Waals surface area contributed by atoms with Crippen molar-refractivity contribution in [3.05, 3.63) is 58.5 Å². The number of rotatable bonds is 2. The van der Waals surface area contributed by atoms with E-state index in [1.54, 1.807) is 6.20 Å². The average Bonchev–Trinajstić information content (AvgIpc) is 2.85. The number of imidazole rings is 1. The summed E-state index contributed by atoms with van der Waals surface area (Å²) < 4.78 is 1.95. The molecule has 4 heteroatoms. The maximum Gasteiger partial charge on any atom is 0.170 e. The number of benzene rings is 1. The Labute approximate surface area is 121 Å². The maximum atomic E-state index is 11.0. The number of hydrogen-bond acceptors (Lipinski definition) is 2. The average molecular weight is 285 g/mol. The third kappa shape index (κ3) is 2.00. The fourth-order valence-electron chi connectivity index (χ4n) is 2.51. The summed E-state index contributed by atoms with van der Waals surface area (Å²) in [5.74, 6) is 0. The summed E-state index contributed by atoms with van der Waals surface area (Å²) in [5, 5.41) is 0.700. The number of nitrogens with zero attached hydrogens (tertiary/aromatic N) is 2. The monoisotopic (exact) mass is 284 g/mol. The van der Waals surface area contributed by atoms with Gasteiger partial charge in [0.05, 0.1) is 0 Å². The van der Waals surface area contributed by atoms with Crippen molar-refractivity contribution in [2.24, 2.45) is 0 Å². The quantitative estimate of drug-likeness (QED) is 0.665. The highest BCUT2D eigenvalue weighted by Gasteiger charge is 2.13. The summed E-state index contributed by atoms with van der Waals surface area (Å²) in [5.41, 5.74) is 5.48. The predicted molar refractivity (Wildman–Crippen MR) is 80.5 cm³/mol. The molecule has 0 fully saturated rings. The third-order valence-corrected chi connectivity index (χ3v) is 3.65. The van der Waals surface area contributed by atoms with E-state index in [0.29, 0.717) is 10.7 Å². The van der Waals surface area contributed by atoms with E-state index >= 15 is 0 Å². The molecule has 20 heavy (non-hydrogen) atoms. The van der Waals surface area contributed by atoms with Crippen LogP contribution in [-0.2, 0) is 0 Å². The van der Waals surface area contributed by atoms with E-state index in [1.807, 2.05) is 42.5 Å². The molecule has 0 aliphatic carbocycles. The molecule has 0 atom stereocenters. The van der Waals surface area contributed by atoms with Crippen LogP contribution in [0.4, 0.5) is 0 Å². The summed E-state index contributed by atoms with van der Waals surface area (Å²) in [7, 11) is 0. The zero-order valence-corrected chi connectivity index (χ0v) is 12.0. The molecule has 3 nitrogen and oxygen atoms in total. The van der Waals surface area contributed by atoms with Gasteiger partial charge in [0, 0.05) is 22.5 Å². The zero-order chi connectivity index (χ0) is 14.3. The third-order valence-electron chi connectivity index (χ3n) is 3.40. The van der Waals surface area contributed by atoms with Crippen LogP contribution in [0.1, 0.15) is 21.7 Å². The number of aldehydes is 1. The number of carbonyl (C=O) groups is 1. The smallest absolute Gasteiger partial charge is 0.170 e. The molecule has 2 aromatic heterocycles. The normalized spacial score (nSPS) is 10.9. The lowest BCUT2D eigenvalue weighted by Crippen LogP contribution is -1.96. The largest absolute Gasteiger partial charge is 0.303 e. The topological polar surface area (TPSA) is 34.4 Å². The van der Waals surface area contributed by atoms with Crippen molar-refractivity contribution in [3.8, 4) is 11.1 Å². The van der Waals surface area contributed by atoms with Gasteiger partial charge in [-0.05, 0) is 43.2 Å². The first-order valence-electron chi connectivity index (χ1n) is 6.30. The first-order chi connectivity index (χ1) is 9.60. The van der Waals surface area contributed by atoms with Crippen molar-refractivity contribution in [3.63, 3.8) is 0 Å². The minimum Gasteiger partial charge on any atom is -0.303 e. The molecule has 0 amide bonds. The lowest BCUT2D eigenvalue weighted by molar-refractivity contribution is 0.111. The highest BCUT2D eigenvalue weighted by Crippen LogP contribution is 2.30. The van der Waals surface area contributed by atoms with E-state index in [1.165, 1.54) is 0 Å². The molecule has 0 spiro atoms. The van der Waals surface area contributed by atoms with Crippen molar-refractivity contribution >= 4 is 23.5 Å². The van der Waals surface area contributed by atoms with E-state index in [0.717, 1.165) is 34.3 Å². The Hall–Kier alpha value is -2.13. The first-order valence-corrected chi connectivity index (χ1v) is 6.68. The van der Waals surface area contributed by atoms with Gasteiger partial charge in [-0.2, -0.15) is 0 Å². The highest BCUT2D eigenvalue weighted by atomic mass is 35.5. The molecule has 2 heterocycles. The van der Waals surface area contributed by atoms with Crippen LogP contribution in [-0.4, -0.2) is 15.7 Å². The van der Waals surface area contributed by atoms with Crippen LogP contribution >= 0.6 is 11.6 Å². The van der Waals surface area contributed by atoms with Crippen LogP contribution in [0.15, 0.2) is 36.5 Å². The molecule has 0 saturated heterocycles. The van der Waals surface area contributed by atoms with E-state index < -0.39 is 0 Å². The van der Waals surface area contributed by atoms with Crippen molar-refractivity contribution < 1.29 is 4.79 Å². The van der Waals surface area contributed by atoms with Gasteiger partial charge >= 0.3 is 0 Å². The minimum atomic E-state index is 0.439. The molecule has 3 aromatic rings. The van der Waals surface area contributed by atoms with Gasteiger partial charge in [-0.25, -0.2) is 4.98 Å². The van der Waals surface area contributed by atoms with Gasteiger partial charge in [0.2, 0.25) is 0 Å². The van der Waals surface area contributed by atoms with Gasteiger partial charge in [-0.15, -0.1) is 0 Å². The predicted octanol–water partition coefficient (Wildman–Crippen LogP) is 4.08. The molecule has 0 N–H and O–H groups in total. The Morgan fingerprint density at radius 1 is 1.20 bits per heavy atom. The summed E-state index contributed by atoms with van der Waals surface area (Å²) in [6, 6.07) is 9.74. The number of fused-ring (bicyclic) bond motifs is 1. The lowest BCUT2D eigenvalue weighted by atomic mass is 10.0. The second kappa shape index (κ2) is 4.76. The van der Waals surface area contributed by atoms with Crippen LogP contribution in [0, 0.1) is 13.8 Å². The zero-order valence-electron chi connectivity index (χ0n) is 11.2. The van der Waals surface area contributed by atoms with Gasteiger partial charge in [0.1, 0.15) is 11.3 Å². The Balaban J connectivity index is 2.36. The molecule has 3 rings (SSSR count). The molecule has 100 valence electrons. The fraction of sp³-hybridized carbons (Fsp3) is 0.125. The number of pyridine rings is 1. The molecule has 0 unspecified atom stereocenters. The Bertz CT molecular complexity index is 803. The van der Waals surface area contributed by atoms with Crippen LogP contribution in [0.25, 0.3) is 16.8 Å². The Kier molecular flexibility index (Phi) is 3.07. The molecular formula is C16H13ClN2O. The maximum absolute atomic E-state index is 11.0. The second-order valence-corrected chi connectivity index (χ2v) is 5.26. The van der Waals surface area contributed by atoms with Crippen LogP contribution in [0.2, 0.25) is 5.02 Å². The highest BCUT2D eigenvalue weighted by molar-refractivity contribution is 6.30. The fourth-order valence-corrected chi connectivity index (χ4v) is 2.63. The molecule has 1 aromatic carbocycles. The Morgan fingerprint density at radius 3 is 2.55 bits per heavy atom. The summed E-state index contributed by atoms with van der Waals surface area (Å²) >= 11 is 5.94. The SMILES string of the molecule is Cc1cc(C)n2cc(C=O)nc2c1-c1ccc(Cl)cc1. The lowest BCUT2D eigenvalue weighted by Gasteiger charge is -2.10. The van der Waals surface area contributed by atoms with Gasteiger partial charge in [-0.3, -0.25) is 4.79 Å². The summed E-state index contributed by atoms with van der Waals surface area (Å²) in [6.45, 7) is 4.05. The van der Waals surface area contributed by atoms with Crippen LogP contribution in [0.3, 0.4) is 0 Å². The number of aromatic nitrogens is 2. The van der Waals surface area contributed by atoms with E-state index in [9.17, 15) is 4.79 Å². The molecular weight excluding hydrogens is 272 g/mol. The van der Waals surface area contributed by atoms with Crippen molar-refractivity contribution in [2.75, 3.05) is 0 Å². The van der Waals surface area contributed by atoms with Gasteiger partial charge in [0.15, 0.2) is 6.29 Å². The second-order valence-electron chi connectivity index (χ2n) is 4.83. The van der Waals surface area contributed by atoms with E-state index in [2.05, 4.69) is 11.1 Å². The molecule has 0 bridgehead atoms. The van der Waals surface area contributed by atoms with Gasteiger partial charge in [0.25, 0.3) is 0 Å². The summed E-state index contributed by atoms with van der Waals surface area (Å²) in [4.78, 5) is 15.4. The summed E-state index contributed by atoms with van der Waals surface area (Å²) in [6.07, 6.45) is 2.53. The number of halogens is 1. The standard InChI is InChI=1S/C16H13ClN2O/c1-10-7-11(2)19-8-14(9-20)18-16(19)15(10)12-3-5-13(17)6-4-12/h3-9H,1-2H3. The molecule has 0 radical (unpaired) electrons. The number of aryl methyl sites for hydroxylation is 2. The first kappa shape index (κ1) is 12.9.